The number of methoxy groups -OCH3 is 2. The lowest BCUT2D eigenvalue weighted by Gasteiger charge is -2.40. The highest BCUT2D eigenvalue weighted by Crippen LogP contribution is 2.46. The summed E-state index contributed by atoms with van der Waals surface area (Å²) < 4.78 is 22.3. The van der Waals surface area contributed by atoms with Crippen molar-refractivity contribution in [2.24, 2.45) is 5.92 Å². The molecule has 0 amide bonds. The van der Waals surface area contributed by atoms with Gasteiger partial charge in [-0.05, 0) is 44.5 Å². The van der Waals surface area contributed by atoms with Gasteiger partial charge in [0.05, 0.1) is 14.2 Å². The Morgan fingerprint density at radius 2 is 1.61 bits per heavy atom. The summed E-state index contributed by atoms with van der Waals surface area (Å²) in [6.07, 6.45) is 8.14. The van der Waals surface area contributed by atoms with Crippen LogP contribution in [-0.2, 0) is 9.47 Å². The second kappa shape index (κ2) is 9.12. The first kappa shape index (κ1) is 20.9. The van der Waals surface area contributed by atoms with E-state index in [0.29, 0.717) is 6.04 Å². The molecule has 1 saturated carbocycles. The van der Waals surface area contributed by atoms with Gasteiger partial charge in [0.1, 0.15) is 12.2 Å². The number of ether oxygens (including phenoxy) is 4. The van der Waals surface area contributed by atoms with E-state index in [1.54, 1.807) is 14.2 Å². The van der Waals surface area contributed by atoms with Gasteiger partial charge in [0.25, 0.3) is 0 Å². The van der Waals surface area contributed by atoms with E-state index >= 15 is 0 Å². The third kappa shape index (κ3) is 4.27. The fourth-order valence-corrected chi connectivity index (χ4v) is 4.60. The normalized spacial score (nSPS) is 34.2. The third-order valence-electron chi connectivity index (χ3n) is 6.16. The molecular formula is C23H33NO4. The van der Waals surface area contributed by atoms with Gasteiger partial charge < -0.3 is 23.8 Å². The van der Waals surface area contributed by atoms with Crippen LogP contribution in [0, 0.1) is 5.92 Å². The van der Waals surface area contributed by atoms with Crippen LogP contribution in [0.3, 0.4) is 0 Å². The molecule has 5 nitrogen and oxygen atoms in total. The van der Waals surface area contributed by atoms with Gasteiger partial charge in [0, 0.05) is 18.9 Å². The van der Waals surface area contributed by atoms with Gasteiger partial charge in [-0.15, -0.1) is 13.2 Å². The molecule has 0 radical (unpaired) electrons. The maximum atomic E-state index is 6.16. The highest BCUT2D eigenvalue weighted by atomic mass is 16.8. The van der Waals surface area contributed by atoms with Gasteiger partial charge in [0.2, 0.25) is 0 Å². The number of likely N-dealkylation sites (tertiary alicyclic amines) is 1. The van der Waals surface area contributed by atoms with Crippen molar-refractivity contribution in [3.63, 3.8) is 0 Å². The van der Waals surface area contributed by atoms with Crippen LogP contribution in [0.15, 0.2) is 49.6 Å². The SMILES string of the molecule is C=CC1OC2(CCC3CCN(C)C3C2)OC1C=C.COc1ccccc1OC. The quantitative estimate of drug-likeness (QED) is 0.729. The molecule has 28 heavy (non-hydrogen) atoms. The number of rotatable bonds is 4. The van der Waals surface area contributed by atoms with Crippen LogP contribution in [0.25, 0.3) is 0 Å². The zero-order valence-electron chi connectivity index (χ0n) is 17.3. The summed E-state index contributed by atoms with van der Waals surface area (Å²) in [5.41, 5.74) is 0. The molecule has 3 aliphatic rings. The van der Waals surface area contributed by atoms with Gasteiger partial charge in [-0.1, -0.05) is 24.3 Å². The van der Waals surface area contributed by atoms with E-state index in [1.807, 2.05) is 36.4 Å². The largest absolute Gasteiger partial charge is 0.493 e. The van der Waals surface area contributed by atoms with Crippen LogP contribution in [0.1, 0.15) is 25.7 Å². The summed E-state index contributed by atoms with van der Waals surface area (Å²) in [5, 5.41) is 0. The van der Waals surface area contributed by atoms with Gasteiger partial charge >= 0.3 is 0 Å². The highest BCUT2D eigenvalue weighted by molar-refractivity contribution is 5.39. The molecule has 1 spiro atoms. The molecule has 1 aromatic rings. The maximum Gasteiger partial charge on any atom is 0.171 e. The van der Waals surface area contributed by atoms with Crippen molar-refractivity contribution in [1.82, 2.24) is 4.90 Å². The van der Waals surface area contributed by atoms with Gasteiger partial charge in [-0.3, -0.25) is 0 Å². The lowest BCUT2D eigenvalue weighted by molar-refractivity contribution is -0.201. The Morgan fingerprint density at radius 3 is 2.11 bits per heavy atom. The van der Waals surface area contributed by atoms with Crippen LogP contribution in [0.5, 0.6) is 11.5 Å². The summed E-state index contributed by atoms with van der Waals surface area (Å²) in [6, 6.07) is 8.15. The van der Waals surface area contributed by atoms with Crippen molar-refractivity contribution in [3.05, 3.63) is 49.6 Å². The number of hydrogen-bond acceptors (Lipinski definition) is 5. The first-order valence-electron chi connectivity index (χ1n) is 10.0. The fraction of sp³-hybridized carbons (Fsp3) is 0.565. The van der Waals surface area contributed by atoms with E-state index in [-0.39, 0.29) is 12.2 Å². The first-order valence-corrected chi connectivity index (χ1v) is 10.0. The van der Waals surface area contributed by atoms with E-state index in [9.17, 15) is 0 Å². The molecule has 0 N–H and O–H groups in total. The third-order valence-corrected chi connectivity index (χ3v) is 6.16. The van der Waals surface area contributed by atoms with Crippen molar-refractivity contribution in [2.45, 2.75) is 49.7 Å². The van der Waals surface area contributed by atoms with E-state index in [2.05, 4.69) is 25.1 Å². The predicted octanol–water partition coefficient (Wildman–Crippen LogP) is 4.05. The number of hydrogen-bond donors (Lipinski definition) is 0. The predicted molar refractivity (Wildman–Crippen MR) is 111 cm³/mol. The average molecular weight is 388 g/mol. The van der Waals surface area contributed by atoms with E-state index in [4.69, 9.17) is 18.9 Å². The maximum absolute atomic E-state index is 6.16. The summed E-state index contributed by atoms with van der Waals surface area (Å²) in [5.74, 6) is 1.98. The summed E-state index contributed by atoms with van der Waals surface area (Å²) in [6.45, 7) is 8.88. The number of benzene rings is 1. The summed E-state index contributed by atoms with van der Waals surface area (Å²) in [4.78, 5) is 2.46. The van der Waals surface area contributed by atoms with E-state index in [1.165, 1.54) is 19.4 Å². The second-order valence-electron chi connectivity index (χ2n) is 7.74. The Bertz CT molecular complexity index is 637. The minimum Gasteiger partial charge on any atom is -0.493 e. The summed E-state index contributed by atoms with van der Waals surface area (Å²) >= 11 is 0. The van der Waals surface area contributed by atoms with Gasteiger partial charge in [-0.25, -0.2) is 0 Å². The van der Waals surface area contributed by atoms with Crippen molar-refractivity contribution in [2.75, 3.05) is 27.8 Å². The Labute approximate surface area is 168 Å². The number of fused-ring (bicyclic) bond motifs is 1. The molecule has 4 atom stereocenters. The zero-order chi connectivity index (χ0) is 20.1. The monoisotopic (exact) mass is 387 g/mol. The van der Waals surface area contributed by atoms with E-state index in [0.717, 1.165) is 30.3 Å². The number of para-hydroxylation sites is 2. The van der Waals surface area contributed by atoms with Crippen LogP contribution < -0.4 is 9.47 Å². The fourth-order valence-electron chi connectivity index (χ4n) is 4.60. The second-order valence-corrected chi connectivity index (χ2v) is 7.74. The Hall–Kier alpha value is -1.82. The van der Waals surface area contributed by atoms with Crippen LogP contribution in [0.4, 0.5) is 0 Å². The van der Waals surface area contributed by atoms with Crippen molar-refractivity contribution < 1.29 is 18.9 Å². The minimum absolute atomic E-state index is 0.0363. The molecule has 1 aliphatic carbocycles. The first-order chi connectivity index (χ1) is 13.6. The Morgan fingerprint density at radius 1 is 1.04 bits per heavy atom. The molecular weight excluding hydrogens is 354 g/mol. The highest BCUT2D eigenvalue weighted by Gasteiger charge is 2.52. The van der Waals surface area contributed by atoms with Crippen LogP contribution in [-0.4, -0.2) is 56.7 Å². The topological polar surface area (TPSA) is 40.2 Å². The van der Waals surface area contributed by atoms with Crippen LogP contribution in [0.2, 0.25) is 0 Å². The molecule has 4 unspecified atom stereocenters. The molecule has 154 valence electrons. The Balaban J connectivity index is 0.000000192. The molecule has 2 heterocycles. The molecule has 2 saturated heterocycles. The summed E-state index contributed by atoms with van der Waals surface area (Å²) in [7, 11) is 5.46. The molecule has 3 fully saturated rings. The lowest BCUT2D eigenvalue weighted by Crippen LogP contribution is -2.46. The standard InChI is InChI=1S/C15H23NO2.C8H10O2/c1-4-13-14(5-2)18-15(17-13)8-6-11-7-9-16(3)12(11)10-15;1-9-7-5-3-4-6-8(7)10-2/h4-5,11-14H,1-2,6-10H2,3H3;3-6H,1-2H3. The van der Waals surface area contributed by atoms with Crippen LogP contribution >= 0.6 is 0 Å². The van der Waals surface area contributed by atoms with Gasteiger partial charge in [-0.2, -0.15) is 0 Å². The molecule has 5 heteroatoms. The smallest absolute Gasteiger partial charge is 0.171 e. The van der Waals surface area contributed by atoms with Crippen molar-refractivity contribution in [3.8, 4) is 11.5 Å². The van der Waals surface area contributed by atoms with Gasteiger partial charge in [0.15, 0.2) is 17.3 Å². The molecule has 1 aromatic carbocycles. The zero-order valence-corrected chi connectivity index (χ0v) is 17.3. The van der Waals surface area contributed by atoms with E-state index < -0.39 is 5.79 Å². The number of nitrogens with zero attached hydrogens (tertiary/aromatic N) is 1. The lowest BCUT2D eigenvalue weighted by atomic mass is 9.81. The average Bonchev–Trinajstić information content (AvgIpc) is 3.28. The molecule has 0 aromatic heterocycles. The van der Waals surface area contributed by atoms with Crippen molar-refractivity contribution >= 4 is 0 Å². The molecule has 0 bridgehead atoms. The molecule has 2 aliphatic heterocycles. The Kier molecular flexibility index (Phi) is 6.81. The minimum atomic E-state index is -0.391. The van der Waals surface area contributed by atoms with Crippen molar-refractivity contribution in [1.29, 1.82) is 0 Å². The molecule has 4 rings (SSSR count).